The van der Waals surface area contributed by atoms with E-state index in [0.717, 1.165) is 11.1 Å². The number of rotatable bonds is 2. The van der Waals surface area contributed by atoms with Crippen molar-refractivity contribution in [2.75, 3.05) is 0 Å². The molecule has 19 heavy (non-hydrogen) atoms. The van der Waals surface area contributed by atoms with Crippen LogP contribution in [0.4, 0.5) is 0 Å². The maximum atomic E-state index is 5.34. The molecule has 0 fully saturated rings. The van der Waals surface area contributed by atoms with Gasteiger partial charge in [-0.15, -0.1) is 0 Å². The maximum absolute atomic E-state index is 5.34. The Morgan fingerprint density at radius 1 is 1.00 bits per heavy atom. The second kappa shape index (κ2) is 4.65. The summed E-state index contributed by atoms with van der Waals surface area (Å²) in [7, 11) is 0. The topological polar surface area (TPSA) is 51.8 Å². The molecule has 0 amide bonds. The fourth-order valence-corrected chi connectivity index (χ4v) is 1.91. The first-order chi connectivity index (χ1) is 9.25. The maximum Gasteiger partial charge on any atom is 0.258 e. The summed E-state index contributed by atoms with van der Waals surface area (Å²) >= 11 is 0. The van der Waals surface area contributed by atoms with Gasteiger partial charge < -0.3 is 4.52 Å². The standard InChI is InChI=1S/C15H13N3O/c1-10-6-5-7-12(11(10)2)15-17-14(18-19-15)13-8-3-4-9-16-13/h3-9H,1-2H3. The van der Waals surface area contributed by atoms with Gasteiger partial charge in [-0.25, -0.2) is 0 Å². The predicted molar refractivity (Wildman–Crippen MR) is 72.4 cm³/mol. The molecule has 2 aromatic heterocycles. The summed E-state index contributed by atoms with van der Waals surface area (Å²) in [5.41, 5.74) is 4.03. The number of benzene rings is 1. The molecule has 1 aromatic carbocycles. The van der Waals surface area contributed by atoms with Gasteiger partial charge in [-0.05, 0) is 43.2 Å². The smallest absolute Gasteiger partial charge is 0.258 e. The molecule has 0 bridgehead atoms. The first kappa shape index (κ1) is 11.6. The van der Waals surface area contributed by atoms with Crippen molar-refractivity contribution in [3.05, 3.63) is 53.7 Å². The first-order valence-corrected chi connectivity index (χ1v) is 6.07. The highest BCUT2D eigenvalue weighted by Crippen LogP contribution is 2.25. The summed E-state index contributed by atoms with van der Waals surface area (Å²) in [6.07, 6.45) is 1.71. The van der Waals surface area contributed by atoms with E-state index >= 15 is 0 Å². The number of hydrogen-bond acceptors (Lipinski definition) is 4. The van der Waals surface area contributed by atoms with Crippen molar-refractivity contribution in [3.63, 3.8) is 0 Å². The predicted octanol–water partition coefficient (Wildman–Crippen LogP) is 3.42. The Morgan fingerprint density at radius 2 is 1.89 bits per heavy atom. The molecule has 0 radical (unpaired) electrons. The monoisotopic (exact) mass is 251 g/mol. The van der Waals surface area contributed by atoms with Crippen molar-refractivity contribution in [2.45, 2.75) is 13.8 Å². The van der Waals surface area contributed by atoms with Crippen LogP contribution in [0.15, 0.2) is 47.1 Å². The second-order valence-electron chi connectivity index (χ2n) is 4.39. The Hall–Kier alpha value is -2.49. The Labute approximate surface area is 111 Å². The molecule has 0 atom stereocenters. The van der Waals surface area contributed by atoms with Crippen molar-refractivity contribution in [2.24, 2.45) is 0 Å². The molecule has 3 rings (SSSR count). The molecule has 0 saturated heterocycles. The number of aryl methyl sites for hydroxylation is 1. The summed E-state index contributed by atoms with van der Waals surface area (Å²) < 4.78 is 5.34. The minimum atomic E-state index is 0.511. The molecule has 0 spiro atoms. The molecular formula is C15H13N3O. The van der Waals surface area contributed by atoms with Gasteiger partial charge in [-0.3, -0.25) is 4.98 Å². The Balaban J connectivity index is 2.05. The molecule has 0 aliphatic carbocycles. The Morgan fingerprint density at radius 3 is 2.68 bits per heavy atom. The fraction of sp³-hybridized carbons (Fsp3) is 0.133. The normalized spacial score (nSPS) is 10.6. The molecule has 0 aliphatic rings. The first-order valence-electron chi connectivity index (χ1n) is 6.07. The van der Waals surface area contributed by atoms with E-state index in [2.05, 4.69) is 35.0 Å². The molecule has 94 valence electrons. The van der Waals surface area contributed by atoms with Gasteiger partial charge in [0.25, 0.3) is 5.89 Å². The lowest BCUT2D eigenvalue weighted by atomic mass is 10.0. The molecule has 0 N–H and O–H groups in total. The van der Waals surface area contributed by atoms with E-state index in [1.165, 1.54) is 5.56 Å². The zero-order valence-corrected chi connectivity index (χ0v) is 10.8. The SMILES string of the molecule is Cc1cccc(-c2nc(-c3ccccn3)no2)c1C. The zero-order valence-electron chi connectivity index (χ0n) is 10.8. The van der Waals surface area contributed by atoms with Gasteiger partial charge in [0, 0.05) is 11.8 Å². The Bertz CT molecular complexity index is 704. The van der Waals surface area contributed by atoms with Crippen molar-refractivity contribution in [1.82, 2.24) is 15.1 Å². The fourth-order valence-electron chi connectivity index (χ4n) is 1.91. The van der Waals surface area contributed by atoms with E-state index < -0.39 is 0 Å². The molecular weight excluding hydrogens is 238 g/mol. The second-order valence-corrected chi connectivity index (χ2v) is 4.39. The van der Waals surface area contributed by atoms with Gasteiger partial charge in [0.15, 0.2) is 0 Å². The lowest BCUT2D eigenvalue weighted by Crippen LogP contribution is -1.88. The van der Waals surface area contributed by atoms with E-state index in [1.807, 2.05) is 30.3 Å². The average Bonchev–Trinajstić information content (AvgIpc) is 2.92. The third-order valence-corrected chi connectivity index (χ3v) is 3.16. The van der Waals surface area contributed by atoms with Crippen LogP contribution < -0.4 is 0 Å². The Kier molecular flexibility index (Phi) is 2.83. The van der Waals surface area contributed by atoms with Gasteiger partial charge in [0.05, 0.1) is 0 Å². The summed E-state index contributed by atoms with van der Waals surface area (Å²) in [5.74, 6) is 1.04. The van der Waals surface area contributed by atoms with Crippen LogP contribution in [0.5, 0.6) is 0 Å². The summed E-state index contributed by atoms with van der Waals surface area (Å²) in [4.78, 5) is 8.62. The highest BCUT2D eigenvalue weighted by molar-refractivity contribution is 5.62. The van der Waals surface area contributed by atoms with Gasteiger partial charge in [0.2, 0.25) is 5.82 Å². The van der Waals surface area contributed by atoms with Crippen LogP contribution >= 0.6 is 0 Å². The molecule has 4 heteroatoms. The molecule has 2 heterocycles. The van der Waals surface area contributed by atoms with Crippen LogP contribution in [-0.4, -0.2) is 15.1 Å². The minimum absolute atomic E-state index is 0.511. The van der Waals surface area contributed by atoms with Crippen LogP contribution in [0.1, 0.15) is 11.1 Å². The van der Waals surface area contributed by atoms with Crippen LogP contribution in [0, 0.1) is 13.8 Å². The van der Waals surface area contributed by atoms with Gasteiger partial charge in [-0.2, -0.15) is 4.98 Å². The van der Waals surface area contributed by atoms with Crippen LogP contribution in [0.3, 0.4) is 0 Å². The number of nitrogens with zero attached hydrogens (tertiary/aromatic N) is 3. The highest BCUT2D eigenvalue weighted by Gasteiger charge is 2.13. The van der Waals surface area contributed by atoms with E-state index in [1.54, 1.807) is 6.20 Å². The lowest BCUT2D eigenvalue weighted by Gasteiger charge is -2.03. The van der Waals surface area contributed by atoms with Gasteiger partial charge in [0.1, 0.15) is 5.69 Å². The van der Waals surface area contributed by atoms with Crippen LogP contribution in [-0.2, 0) is 0 Å². The summed E-state index contributed by atoms with van der Waals surface area (Å²) in [5, 5.41) is 3.98. The third-order valence-electron chi connectivity index (χ3n) is 3.16. The molecule has 3 aromatic rings. The zero-order chi connectivity index (χ0) is 13.2. The van der Waals surface area contributed by atoms with Crippen molar-refractivity contribution < 1.29 is 4.52 Å². The molecule has 0 aliphatic heterocycles. The van der Waals surface area contributed by atoms with Gasteiger partial charge in [-0.1, -0.05) is 23.4 Å². The van der Waals surface area contributed by atoms with Crippen LogP contribution in [0.25, 0.3) is 23.0 Å². The van der Waals surface area contributed by atoms with E-state index in [0.29, 0.717) is 17.4 Å². The summed E-state index contributed by atoms with van der Waals surface area (Å²) in [6.45, 7) is 4.12. The van der Waals surface area contributed by atoms with E-state index in [9.17, 15) is 0 Å². The number of pyridine rings is 1. The third kappa shape index (κ3) is 2.12. The van der Waals surface area contributed by atoms with Crippen molar-refractivity contribution in [3.8, 4) is 23.0 Å². The van der Waals surface area contributed by atoms with E-state index in [4.69, 9.17) is 4.52 Å². The minimum Gasteiger partial charge on any atom is -0.334 e. The van der Waals surface area contributed by atoms with Crippen molar-refractivity contribution in [1.29, 1.82) is 0 Å². The molecule has 4 nitrogen and oxygen atoms in total. The average molecular weight is 251 g/mol. The number of hydrogen-bond donors (Lipinski definition) is 0. The molecule has 0 saturated carbocycles. The highest BCUT2D eigenvalue weighted by atomic mass is 16.5. The lowest BCUT2D eigenvalue weighted by molar-refractivity contribution is 0.432. The number of aromatic nitrogens is 3. The quantitative estimate of drug-likeness (QED) is 0.700. The van der Waals surface area contributed by atoms with Crippen LogP contribution in [0.2, 0.25) is 0 Å². The summed E-state index contributed by atoms with van der Waals surface area (Å²) in [6, 6.07) is 11.7. The largest absolute Gasteiger partial charge is 0.334 e. The van der Waals surface area contributed by atoms with Gasteiger partial charge >= 0.3 is 0 Å². The van der Waals surface area contributed by atoms with E-state index in [-0.39, 0.29) is 0 Å². The van der Waals surface area contributed by atoms with Crippen molar-refractivity contribution >= 4 is 0 Å². The molecule has 0 unspecified atom stereocenters.